The van der Waals surface area contributed by atoms with Gasteiger partial charge in [-0.2, -0.15) is 0 Å². The van der Waals surface area contributed by atoms with Gasteiger partial charge in [0, 0.05) is 5.39 Å². The molecule has 0 atom stereocenters. The van der Waals surface area contributed by atoms with Gasteiger partial charge in [-0.15, -0.1) is 0 Å². The minimum atomic E-state index is 0.618. The molecule has 0 N–H and O–H groups in total. The predicted molar refractivity (Wildman–Crippen MR) is 100 cm³/mol. The van der Waals surface area contributed by atoms with Gasteiger partial charge >= 0.3 is 0 Å². The Morgan fingerprint density at radius 1 is 0.833 bits per heavy atom. The third-order valence-corrected chi connectivity index (χ3v) is 4.03. The van der Waals surface area contributed by atoms with Crippen LogP contribution < -0.4 is 14.2 Å². The Balaban J connectivity index is 2.20. The van der Waals surface area contributed by atoms with Gasteiger partial charge in [-0.05, 0) is 54.3 Å². The lowest BCUT2D eigenvalue weighted by Gasteiger charge is -2.15. The predicted octanol–water partition coefficient (Wildman–Crippen LogP) is 5.70. The fourth-order valence-corrected chi connectivity index (χ4v) is 2.47. The first-order valence-electron chi connectivity index (χ1n) is 8.87. The van der Waals surface area contributed by atoms with Crippen molar-refractivity contribution in [1.82, 2.24) is 0 Å². The fourth-order valence-electron chi connectivity index (χ4n) is 2.47. The lowest BCUT2D eigenvalue weighted by molar-refractivity contribution is 0.276. The largest absolute Gasteiger partial charge is 0.494 e. The second kappa shape index (κ2) is 8.81. The molecule has 2 aromatic carbocycles. The smallest absolute Gasteiger partial charge is 0.168 e. The summed E-state index contributed by atoms with van der Waals surface area (Å²) < 4.78 is 17.4. The molecule has 0 spiro atoms. The Morgan fingerprint density at radius 2 is 1.50 bits per heavy atom. The number of ether oxygens (including phenoxy) is 3. The molecule has 2 aromatic rings. The highest BCUT2D eigenvalue weighted by Gasteiger charge is 2.11. The summed E-state index contributed by atoms with van der Waals surface area (Å²) in [5, 5.41) is 2.17. The van der Waals surface area contributed by atoms with Gasteiger partial charge in [0.15, 0.2) is 11.5 Å². The lowest BCUT2D eigenvalue weighted by atomic mass is 10.1. The molecule has 0 saturated heterocycles. The van der Waals surface area contributed by atoms with E-state index in [-0.39, 0.29) is 0 Å². The SMILES string of the molecule is COc1ccc2cc(OCCC(C)C)ccc2c1OCCC(C)C. The van der Waals surface area contributed by atoms with Crippen molar-refractivity contribution in [3.05, 3.63) is 30.3 Å². The van der Waals surface area contributed by atoms with Crippen LogP contribution in [0.3, 0.4) is 0 Å². The van der Waals surface area contributed by atoms with Crippen molar-refractivity contribution in [1.29, 1.82) is 0 Å². The summed E-state index contributed by atoms with van der Waals surface area (Å²) >= 11 is 0. The Kier molecular flexibility index (Phi) is 6.77. The Labute approximate surface area is 145 Å². The second-order valence-corrected chi connectivity index (χ2v) is 7.04. The molecule has 0 aliphatic heterocycles. The van der Waals surface area contributed by atoms with Crippen LogP contribution in [0.15, 0.2) is 30.3 Å². The van der Waals surface area contributed by atoms with Gasteiger partial charge in [-0.1, -0.05) is 33.8 Å². The lowest BCUT2D eigenvalue weighted by Crippen LogP contribution is -2.03. The van der Waals surface area contributed by atoms with E-state index >= 15 is 0 Å². The van der Waals surface area contributed by atoms with Crippen LogP contribution in [-0.2, 0) is 0 Å². The topological polar surface area (TPSA) is 27.7 Å². The first kappa shape index (κ1) is 18.4. The molecule has 0 radical (unpaired) electrons. The zero-order valence-corrected chi connectivity index (χ0v) is 15.6. The quantitative estimate of drug-likeness (QED) is 0.590. The molecule has 3 nitrogen and oxygen atoms in total. The van der Waals surface area contributed by atoms with Crippen LogP contribution in [0.25, 0.3) is 10.8 Å². The molecule has 24 heavy (non-hydrogen) atoms. The van der Waals surface area contributed by atoms with E-state index in [1.807, 2.05) is 12.1 Å². The summed E-state index contributed by atoms with van der Waals surface area (Å²) in [6, 6.07) is 10.2. The molecular weight excluding hydrogens is 300 g/mol. The van der Waals surface area contributed by atoms with Crippen molar-refractivity contribution in [2.75, 3.05) is 20.3 Å². The van der Waals surface area contributed by atoms with Gasteiger partial charge in [0.2, 0.25) is 0 Å². The van der Waals surface area contributed by atoms with Gasteiger partial charge in [0.25, 0.3) is 0 Å². The maximum Gasteiger partial charge on any atom is 0.168 e. The normalized spacial score (nSPS) is 11.3. The minimum absolute atomic E-state index is 0.618. The van der Waals surface area contributed by atoms with Crippen molar-refractivity contribution in [3.8, 4) is 17.2 Å². The van der Waals surface area contributed by atoms with E-state index in [0.29, 0.717) is 18.4 Å². The van der Waals surface area contributed by atoms with Crippen LogP contribution in [0, 0.1) is 11.8 Å². The molecule has 3 heteroatoms. The van der Waals surface area contributed by atoms with Gasteiger partial charge in [0.05, 0.1) is 20.3 Å². The summed E-state index contributed by atoms with van der Waals surface area (Å²) in [6.07, 6.45) is 2.08. The molecule has 0 unspecified atom stereocenters. The summed E-state index contributed by atoms with van der Waals surface area (Å²) in [7, 11) is 1.68. The fraction of sp³-hybridized carbons (Fsp3) is 0.524. The van der Waals surface area contributed by atoms with Crippen LogP contribution in [0.1, 0.15) is 40.5 Å². The molecule has 132 valence electrons. The Bertz CT molecular complexity index is 647. The van der Waals surface area contributed by atoms with E-state index in [4.69, 9.17) is 14.2 Å². The van der Waals surface area contributed by atoms with Crippen LogP contribution in [0.5, 0.6) is 17.2 Å². The first-order valence-corrected chi connectivity index (χ1v) is 8.87. The Morgan fingerprint density at radius 3 is 2.12 bits per heavy atom. The second-order valence-electron chi connectivity index (χ2n) is 7.04. The van der Waals surface area contributed by atoms with E-state index in [2.05, 4.69) is 45.9 Å². The molecule has 0 fully saturated rings. The van der Waals surface area contributed by atoms with Crippen molar-refractivity contribution in [3.63, 3.8) is 0 Å². The van der Waals surface area contributed by atoms with Crippen molar-refractivity contribution >= 4 is 10.8 Å². The van der Waals surface area contributed by atoms with E-state index in [9.17, 15) is 0 Å². The number of methoxy groups -OCH3 is 1. The maximum atomic E-state index is 6.04. The third kappa shape index (κ3) is 5.05. The number of fused-ring (bicyclic) bond motifs is 1. The van der Waals surface area contributed by atoms with E-state index in [1.165, 1.54) is 0 Å². The molecule has 0 heterocycles. The van der Waals surface area contributed by atoms with Crippen LogP contribution in [0.4, 0.5) is 0 Å². The van der Waals surface area contributed by atoms with Crippen LogP contribution in [-0.4, -0.2) is 20.3 Å². The van der Waals surface area contributed by atoms with Crippen LogP contribution in [0.2, 0.25) is 0 Å². The van der Waals surface area contributed by atoms with Gasteiger partial charge in [-0.25, -0.2) is 0 Å². The number of rotatable bonds is 9. The van der Waals surface area contributed by atoms with E-state index in [0.717, 1.165) is 47.5 Å². The van der Waals surface area contributed by atoms with Gasteiger partial charge in [-0.3, -0.25) is 0 Å². The summed E-state index contributed by atoms with van der Waals surface area (Å²) in [5.41, 5.74) is 0. The summed E-state index contributed by atoms with van der Waals surface area (Å²) in [4.78, 5) is 0. The molecule has 0 aliphatic carbocycles. The number of hydrogen-bond acceptors (Lipinski definition) is 3. The highest BCUT2D eigenvalue weighted by Crippen LogP contribution is 2.37. The van der Waals surface area contributed by atoms with Gasteiger partial charge < -0.3 is 14.2 Å². The molecule has 0 bridgehead atoms. The zero-order chi connectivity index (χ0) is 17.5. The van der Waals surface area contributed by atoms with Crippen molar-refractivity contribution in [2.24, 2.45) is 11.8 Å². The van der Waals surface area contributed by atoms with E-state index < -0.39 is 0 Å². The average Bonchev–Trinajstić information content (AvgIpc) is 2.54. The first-order chi connectivity index (χ1) is 11.5. The molecule has 0 saturated carbocycles. The molecule has 2 rings (SSSR count). The zero-order valence-electron chi connectivity index (χ0n) is 15.6. The Hall–Kier alpha value is -1.90. The van der Waals surface area contributed by atoms with Crippen molar-refractivity contribution < 1.29 is 14.2 Å². The summed E-state index contributed by atoms with van der Waals surface area (Å²) in [6.45, 7) is 10.2. The van der Waals surface area contributed by atoms with Crippen molar-refractivity contribution in [2.45, 2.75) is 40.5 Å². The average molecular weight is 330 g/mol. The maximum absolute atomic E-state index is 6.04. The van der Waals surface area contributed by atoms with E-state index in [1.54, 1.807) is 7.11 Å². The number of hydrogen-bond donors (Lipinski definition) is 0. The standard InChI is InChI=1S/C21H30O3/c1-15(2)10-12-23-18-7-8-19-17(14-18)6-9-20(22-5)21(19)24-13-11-16(3)4/h6-9,14-16H,10-13H2,1-5H3. The summed E-state index contributed by atoms with van der Waals surface area (Å²) in [5.74, 6) is 3.77. The third-order valence-electron chi connectivity index (χ3n) is 4.03. The highest BCUT2D eigenvalue weighted by molar-refractivity contribution is 5.91. The molecule has 0 amide bonds. The molecule has 0 aromatic heterocycles. The molecular formula is C21H30O3. The highest BCUT2D eigenvalue weighted by atomic mass is 16.5. The monoisotopic (exact) mass is 330 g/mol. The number of benzene rings is 2. The van der Waals surface area contributed by atoms with Crippen LogP contribution >= 0.6 is 0 Å². The molecule has 0 aliphatic rings. The minimum Gasteiger partial charge on any atom is -0.494 e. The van der Waals surface area contributed by atoms with Gasteiger partial charge in [0.1, 0.15) is 5.75 Å².